The van der Waals surface area contributed by atoms with Gasteiger partial charge in [0.1, 0.15) is 0 Å². The molecule has 0 aliphatic carbocycles. The molecular weight excluding hydrogens is 354 g/mol. The van der Waals surface area contributed by atoms with Gasteiger partial charge in [-0.25, -0.2) is 9.98 Å². The van der Waals surface area contributed by atoms with E-state index in [4.69, 9.17) is 16.3 Å². The highest BCUT2D eigenvalue weighted by molar-refractivity contribution is 6.31. The van der Waals surface area contributed by atoms with Crippen LogP contribution in [0.1, 0.15) is 6.92 Å². The van der Waals surface area contributed by atoms with Gasteiger partial charge in [-0.2, -0.15) is 4.98 Å². The number of benzene rings is 1. The molecule has 0 spiro atoms. The molecule has 0 aliphatic rings. The number of ether oxygens (including phenoxy) is 1. The first kappa shape index (κ1) is 17.6. The Morgan fingerprint density at radius 2 is 2.23 bits per heavy atom. The number of fused-ring (bicyclic) bond motifs is 1. The van der Waals surface area contributed by atoms with Gasteiger partial charge in [-0.05, 0) is 31.2 Å². The summed E-state index contributed by atoms with van der Waals surface area (Å²) in [6, 6.07) is 10.3. The van der Waals surface area contributed by atoms with Gasteiger partial charge in [-0.1, -0.05) is 24.2 Å². The number of nitrogens with zero attached hydrogens (tertiary/aromatic N) is 4. The molecule has 2 heterocycles. The summed E-state index contributed by atoms with van der Waals surface area (Å²) in [7, 11) is 0. The monoisotopic (exact) mass is 369 g/mol. The number of hydrogen-bond donors (Lipinski definition) is 1. The van der Waals surface area contributed by atoms with Crippen LogP contribution < -0.4 is 10.9 Å². The second-order valence-electron chi connectivity index (χ2n) is 5.12. The third-order valence-corrected chi connectivity index (χ3v) is 3.63. The minimum Gasteiger partial charge on any atom is -0.465 e. The molecule has 1 N–H and O–H groups in total. The molecule has 0 bridgehead atoms. The maximum atomic E-state index is 12.3. The number of rotatable bonds is 4. The van der Waals surface area contributed by atoms with Crippen molar-refractivity contribution in [1.29, 1.82) is 0 Å². The highest BCUT2D eigenvalue weighted by Crippen LogP contribution is 2.24. The molecule has 0 saturated heterocycles. The quantitative estimate of drug-likeness (QED) is 0.563. The normalized spacial score (nSPS) is 11.4. The van der Waals surface area contributed by atoms with Gasteiger partial charge in [-0.3, -0.25) is 14.7 Å². The maximum Gasteiger partial charge on any atom is 0.296 e. The third kappa shape index (κ3) is 3.73. The van der Waals surface area contributed by atoms with Crippen LogP contribution in [0.15, 0.2) is 65.2 Å². The summed E-state index contributed by atoms with van der Waals surface area (Å²) in [6.45, 7) is 5.79. The van der Waals surface area contributed by atoms with Crippen molar-refractivity contribution in [3.8, 4) is 5.82 Å². The zero-order valence-corrected chi connectivity index (χ0v) is 14.8. The Morgan fingerprint density at radius 1 is 1.38 bits per heavy atom. The van der Waals surface area contributed by atoms with Crippen LogP contribution in [0.4, 0.5) is 5.95 Å². The molecule has 0 fully saturated rings. The lowest BCUT2D eigenvalue weighted by molar-refractivity contribution is 0.326. The predicted molar refractivity (Wildman–Crippen MR) is 103 cm³/mol. The number of aromatic nitrogens is 3. The number of pyridine rings is 1. The van der Waals surface area contributed by atoms with Crippen molar-refractivity contribution in [3.05, 3.63) is 70.8 Å². The van der Waals surface area contributed by atoms with Crippen molar-refractivity contribution in [2.45, 2.75) is 6.92 Å². The molecule has 7 nitrogen and oxygen atoms in total. The lowest BCUT2D eigenvalue weighted by atomic mass is 10.2. The molecule has 0 atom stereocenters. The minimum absolute atomic E-state index is 0.210. The first-order valence-electron chi connectivity index (χ1n) is 7.86. The summed E-state index contributed by atoms with van der Waals surface area (Å²) < 4.78 is 6.81. The summed E-state index contributed by atoms with van der Waals surface area (Å²) >= 11 is 6.12. The predicted octanol–water partition coefficient (Wildman–Crippen LogP) is 3.38. The molecule has 0 aliphatic heterocycles. The summed E-state index contributed by atoms with van der Waals surface area (Å²) in [5.41, 5.74) is 0.398. The zero-order chi connectivity index (χ0) is 18.5. The van der Waals surface area contributed by atoms with Gasteiger partial charge in [0, 0.05) is 28.9 Å². The fourth-order valence-corrected chi connectivity index (χ4v) is 2.52. The van der Waals surface area contributed by atoms with E-state index in [0.29, 0.717) is 28.4 Å². The second kappa shape index (κ2) is 7.79. The molecule has 2 aromatic heterocycles. The Morgan fingerprint density at radius 3 is 2.96 bits per heavy atom. The van der Waals surface area contributed by atoms with Crippen molar-refractivity contribution >= 4 is 34.5 Å². The molecule has 0 unspecified atom stereocenters. The van der Waals surface area contributed by atoms with Crippen LogP contribution in [0.25, 0.3) is 16.7 Å². The summed E-state index contributed by atoms with van der Waals surface area (Å²) in [5, 5.41) is 4.07. The van der Waals surface area contributed by atoms with E-state index in [0.717, 1.165) is 0 Å². The van der Waals surface area contributed by atoms with Crippen LogP contribution in [-0.4, -0.2) is 27.2 Å². The fraction of sp³-hybridized carbons (Fsp3) is 0.111. The SMILES string of the molecule is C=CN=C(Nc1nc(-n2ccccc2=O)c2cc(Cl)ccc2n1)OCC. The lowest BCUT2D eigenvalue weighted by Crippen LogP contribution is -2.21. The molecule has 0 saturated carbocycles. The molecule has 3 aromatic rings. The first-order valence-corrected chi connectivity index (χ1v) is 8.24. The van der Waals surface area contributed by atoms with E-state index in [1.165, 1.54) is 16.8 Å². The average molecular weight is 370 g/mol. The van der Waals surface area contributed by atoms with E-state index < -0.39 is 0 Å². The van der Waals surface area contributed by atoms with E-state index >= 15 is 0 Å². The maximum absolute atomic E-state index is 12.3. The van der Waals surface area contributed by atoms with Crippen molar-refractivity contribution in [2.24, 2.45) is 4.99 Å². The largest absolute Gasteiger partial charge is 0.465 e. The molecule has 132 valence electrons. The van der Waals surface area contributed by atoms with Crippen molar-refractivity contribution in [2.75, 3.05) is 11.9 Å². The van der Waals surface area contributed by atoms with Gasteiger partial charge >= 0.3 is 0 Å². The molecule has 1 aromatic carbocycles. The van der Waals surface area contributed by atoms with Crippen LogP contribution in [0.5, 0.6) is 0 Å². The molecule has 0 amide bonds. The number of amidine groups is 1. The highest BCUT2D eigenvalue weighted by Gasteiger charge is 2.13. The van der Waals surface area contributed by atoms with Crippen LogP contribution in [-0.2, 0) is 4.74 Å². The average Bonchev–Trinajstić information content (AvgIpc) is 2.62. The third-order valence-electron chi connectivity index (χ3n) is 3.40. The van der Waals surface area contributed by atoms with Gasteiger partial charge in [0.15, 0.2) is 5.82 Å². The topological polar surface area (TPSA) is 81.4 Å². The number of aliphatic imine (C=N–C) groups is 1. The van der Waals surface area contributed by atoms with E-state index in [2.05, 4.69) is 26.9 Å². The minimum atomic E-state index is -0.219. The van der Waals surface area contributed by atoms with Gasteiger partial charge in [0.2, 0.25) is 5.95 Å². The molecule has 0 radical (unpaired) electrons. The van der Waals surface area contributed by atoms with E-state index in [1.807, 2.05) is 6.92 Å². The standard InChI is InChI=1S/C18H16ClN5O2/c1-3-20-18(26-4-2)23-17-21-14-9-8-12(19)11-13(14)16(22-17)24-10-6-5-7-15(24)25/h3,5-11H,1,4H2,2H3,(H,20,21,22,23). The number of nitrogens with one attached hydrogen (secondary N) is 1. The molecule has 3 rings (SSSR count). The van der Waals surface area contributed by atoms with Crippen LogP contribution >= 0.6 is 11.6 Å². The van der Waals surface area contributed by atoms with E-state index in [-0.39, 0.29) is 17.5 Å². The lowest BCUT2D eigenvalue weighted by Gasteiger charge is -2.12. The van der Waals surface area contributed by atoms with Gasteiger partial charge in [0.05, 0.1) is 12.1 Å². The Hall–Kier alpha value is -3.19. The van der Waals surface area contributed by atoms with Crippen molar-refractivity contribution < 1.29 is 4.74 Å². The van der Waals surface area contributed by atoms with Gasteiger partial charge in [0.25, 0.3) is 11.6 Å². The summed E-state index contributed by atoms with van der Waals surface area (Å²) in [4.78, 5) is 25.2. The van der Waals surface area contributed by atoms with Gasteiger partial charge < -0.3 is 4.74 Å². The van der Waals surface area contributed by atoms with E-state index in [1.54, 1.807) is 36.5 Å². The molecule has 26 heavy (non-hydrogen) atoms. The second-order valence-corrected chi connectivity index (χ2v) is 5.55. The van der Waals surface area contributed by atoms with E-state index in [9.17, 15) is 4.79 Å². The van der Waals surface area contributed by atoms with Crippen LogP contribution in [0, 0.1) is 0 Å². The Balaban J connectivity index is 2.20. The number of anilines is 1. The number of halogens is 1. The van der Waals surface area contributed by atoms with Crippen molar-refractivity contribution in [1.82, 2.24) is 14.5 Å². The number of hydrogen-bond acceptors (Lipinski definition) is 5. The Bertz CT molecular complexity index is 1050. The molecule has 8 heteroatoms. The smallest absolute Gasteiger partial charge is 0.296 e. The highest BCUT2D eigenvalue weighted by atomic mass is 35.5. The van der Waals surface area contributed by atoms with Crippen LogP contribution in [0.2, 0.25) is 5.02 Å². The first-order chi connectivity index (χ1) is 12.6. The fourth-order valence-electron chi connectivity index (χ4n) is 2.35. The zero-order valence-electron chi connectivity index (χ0n) is 14.0. The van der Waals surface area contributed by atoms with Crippen molar-refractivity contribution in [3.63, 3.8) is 0 Å². The molecular formula is C18H16ClN5O2. The van der Waals surface area contributed by atoms with Gasteiger partial charge in [-0.15, -0.1) is 0 Å². The Kier molecular flexibility index (Phi) is 5.28. The Labute approximate surface area is 154 Å². The van der Waals surface area contributed by atoms with Crippen LogP contribution in [0.3, 0.4) is 0 Å². The summed E-state index contributed by atoms with van der Waals surface area (Å²) in [5.74, 6) is 0.639. The summed E-state index contributed by atoms with van der Waals surface area (Å²) in [6.07, 6.45) is 2.98.